The van der Waals surface area contributed by atoms with Crippen LogP contribution < -0.4 is 20.3 Å². The molecular formula is C28H36N4O5. The van der Waals surface area contributed by atoms with Gasteiger partial charge in [0.15, 0.2) is 11.5 Å². The number of rotatable bonds is 5. The number of hydrogen-bond donors (Lipinski definition) is 1. The van der Waals surface area contributed by atoms with Crippen molar-refractivity contribution in [1.82, 2.24) is 19.7 Å². The second-order valence-corrected chi connectivity index (χ2v) is 10.8. The predicted molar refractivity (Wildman–Crippen MR) is 139 cm³/mol. The van der Waals surface area contributed by atoms with Gasteiger partial charge >= 0.3 is 6.03 Å². The molecule has 1 N–H and O–H groups in total. The zero-order chi connectivity index (χ0) is 26.3. The Morgan fingerprint density at radius 1 is 1.00 bits per heavy atom. The van der Waals surface area contributed by atoms with E-state index in [2.05, 4.69) is 5.32 Å². The quantitative estimate of drug-likeness (QED) is 0.670. The smallest absolute Gasteiger partial charge is 0.318 e. The Labute approximate surface area is 217 Å². The summed E-state index contributed by atoms with van der Waals surface area (Å²) < 4.78 is 12.7. The molecule has 4 heterocycles. The third-order valence-corrected chi connectivity index (χ3v) is 8.01. The van der Waals surface area contributed by atoms with Crippen LogP contribution in [-0.2, 0) is 24.3 Å². The number of hydrogen-bond acceptors (Lipinski definition) is 5. The van der Waals surface area contributed by atoms with E-state index in [1.165, 1.54) is 0 Å². The average Bonchev–Trinajstić information content (AvgIpc) is 2.90. The summed E-state index contributed by atoms with van der Waals surface area (Å²) in [7, 11) is 3.22. The second kappa shape index (κ2) is 10.1. The molecule has 0 aliphatic carbocycles. The van der Waals surface area contributed by atoms with E-state index in [1.807, 2.05) is 46.4 Å². The van der Waals surface area contributed by atoms with Crippen molar-refractivity contribution in [3.8, 4) is 11.5 Å². The zero-order valence-electron chi connectivity index (χ0n) is 22.0. The highest BCUT2D eigenvalue weighted by Gasteiger charge is 2.38. The molecular weight excluding hydrogens is 472 g/mol. The van der Waals surface area contributed by atoms with Crippen molar-refractivity contribution >= 4 is 11.9 Å². The van der Waals surface area contributed by atoms with Crippen LogP contribution in [-0.4, -0.2) is 66.2 Å². The maximum absolute atomic E-state index is 13.6. The zero-order valence-corrected chi connectivity index (χ0v) is 22.0. The van der Waals surface area contributed by atoms with E-state index in [9.17, 15) is 14.4 Å². The first-order valence-electron chi connectivity index (χ1n) is 13.1. The van der Waals surface area contributed by atoms with Crippen molar-refractivity contribution in [2.24, 2.45) is 11.8 Å². The lowest BCUT2D eigenvalue weighted by molar-refractivity contribution is -0.135. The molecule has 198 valence electrons. The summed E-state index contributed by atoms with van der Waals surface area (Å²) in [6.07, 6.45) is 1.69. The van der Waals surface area contributed by atoms with Gasteiger partial charge in [0.25, 0.3) is 5.56 Å². The van der Waals surface area contributed by atoms with Crippen molar-refractivity contribution in [1.29, 1.82) is 0 Å². The number of aromatic nitrogens is 1. The summed E-state index contributed by atoms with van der Waals surface area (Å²) in [6.45, 7) is 6.73. The van der Waals surface area contributed by atoms with Crippen LogP contribution in [0.2, 0.25) is 0 Å². The standard InChI is InChI=1S/C28H36N4O5/c1-17(2)26(27(34)30-9-8-19-11-23(36-3)24(37-4)12-20(19)15-30)29-28(35)31-13-18-10-21(16-31)22-6-5-7-25(33)32(22)14-18/h5-7,11-12,17-18,21,26H,8-10,13-16H2,1-4H3,(H,29,35)/t18-,21+,26-/m0/s1. The molecule has 0 spiro atoms. The maximum atomic E-state index is 13.6. The molecule has 3 amide bonds. The number of nitrogens with zero attached hydrogens (tertiary/aromatic N) is 3. The number of fused-ring (bicyclic) bond motifs is 5. The van der Waals surface area contributed by atoms with Crippen LogP contribution in [0.5, 0.6) is 11.5 Å². The first-order chi connectivity index (χ1) is 17.8. The fraction of sp³-hybridized carbons (Fsp3) is 0.536. The number of urea groups is 1. The number of carbonyl (C=O) groups is 2. The molecule has 5 rings (SSSR count). The first-order valence-corrected chi connectivity index (χ1v) is 13.1. The van der Waals surface area contributed by atoms with E-state index in [4.69, 9.17) is 9.47 Å². The molecule has 1 saturated heterocycles. The van der Waals surface area contributed by atoms with Gasteiger partial charge in [0.05, 0.1) is 14.2 Å². The van der Waals surface area contributed by atoms with Crippen molar-refractivity contribution in [3.63, 3.8) is 0 Å². The molecule has 0 saturated carbocycles. The summed E-state index contributed by atoms with van der Waals surface area (Å²) in [5.74, 6) is 1.56. The van der Waals surface area contributed by atoms with E-state index in [1.54, 1.807) is 26.4 Å². The molecule has 0 radical (unpaired) electrons. The summed E-state index contributed by atoms with van der Waals surface area (Å²) in [5.41, 5.74) is 3.20. The third kappa shape index (κ3) is 4.79. The van der Waals surface area contributed by atoms with Gasteiger partial charge in [-0.2, -0.15) is 0 Å². The lowest BCUT2D eigenvalue weighted by atomic mass is 9.83. The number of methoxy groups -OCH3 is 2. The molecule has 9 nitrogen and oxygen atoms in total. The normalized spacial score (nSPS) is 21.1. The molecule has 1 aromatic heterocycles. The Morgan fingerprint density at radius 3 is 2.43 bits per heavy atom. The number of piperidine rings is 1. The lowest BCUT2D eigenvalue weighted by Crippen LogP contribution is -2.57. The van der Waals surface area contributed by atoms with Gasteiger partial charge in [0, 0.05) is 50.4 Å². The summed E-state index contributed by atoms with van der Waals surface area (Å²) in [6, 6.07) is 8.47. The fourth-order valence-corrected chi connectivity index (χ4v) is 6.07. The van der Waals surface area contributed by atoms with E-state index >= 15 is 0 Å². The van der Waals surface area contributed by atoms with E-state index < -0.39 is 6.04 Å². The van der Waals surface area contributed by atoms with E-state index in [0.717, 1.165) is 23.2 Å². The van der Waals surface area contributed by atoms with Gasteiger partial charge in [-0.1, -0.05) is 19.9 Å². The Balaban J connectivity index is 1.28. The van der Waals surface area contributed by atoms with Crippen LogP contribution in [0, 0.1) is 11.8 Å². The lowest BCUT2D eigenvalue weighted by Gasteiger charge is -2.43. The first kappa shape index (κ1) is 25.2. The number of nitrogens with one attached hydrogen (secondary N) is 1. The van der Waals surface area contributed by atoms with Crippen LogP contribution in [0.1, 0.15) is 43.0 Å². The summed E-state index contributed by atoms with van der Waals surface area (Å²) in [5, 5.41) is 3.06. The highest BCUT2D eigenvalue weighted by atomic mass is 16.5. The maximum Gasteiger partial charge on any atom is 0.318 e. The highest BCUT2D eigenvalue weighted by molar-refractivity contribution is 5.87. The van der Waals surface area contributed by atoms with Crippen LogP contribution in [0.3, 0.4) is 0 Å². The summed E-state index contributed by atoms with van der Waals surface area (Å²) in [4.78, 5) is 43.0. The highest BCUT2D eigenvalue weighted by Crippen LogP contribution is 2.35. The second-order valence-electron chi connectivity index (χ2n) is 10.8. The van der Waals surface area contributed by atoms with Gasteiger partial charge < -0.3 is 29.2 Å². The fourth-order valence-electron chi connectivity index (χ4n) is 6.07. The van der Waals surface area contributed by atoms with Crippen molar-refractivity contribution < 1.29 is 19.1 Å². The molecule has 1 fully saturated rings. The van der Waals surface area contributed by atoms with Gasteiger partial charge in [0.1, 0.15) is 6.04 Å². The van der Waals surface area contributed by atoms with Crippen LogP contribution in [0.4, 0.5) is 4.79 Å². The molecule has 0 unspecified atom stereocenters. The Hall–Kier alpha value is -3.49. The van der Waals surface area contributed by atoms with Crippen LogP contribution in [0.15, 0.2) is 35.1 Å². The number of pyridine rings is 1. The minimum atomic E-state index is -0.620. The minimum Gasteiger partial charge on any atom is -0.493 e. The molecule has 3 aliphatic heterocycles. The number of benzene rings is 1. The molecule has 2 bridgehead atoms. The molecule has 3 aliphatic rings. The van der Waals surface area contributed by atoms with Gasteiger partial charge in [-0.3, -0.25) is 9.59 Å². The monoisotopic (exact) mass is 508 g/mol. The Kier molecular flexibility index (Phi) is 6.88. The minimum absolute atomic E-state index is 0.0229. The van der Waals surface area contributed by atoms with Crippen molar-refractivity contribution in [2.75, 3.05) is 33.9 Å². The van der Waals surface area contributed by atoms with Gasteiger partial charge in [-0.15, -0.1) is 0 Å². The molecule has 3 atom stereocenters. The average molecular weight is 509 g/mol. The third-order valence-electron chi connectivity index (χ3n) is 8.01. The molecule has 2 aromatic rings. The molecule has 1 aromatic carbocycles. The number of carbonyl (C=O) groups excluding carboxylic acids is 2. The van der Waals surface area contributed by atoms with Crippen molar-refractivity contribution in [2.45, 2.75) is 51.7 Å². The Bertz CT molecular complexity index is 1260. The van der Waals surface area contributed by atoms with Gasteiger partial charge in [-0.25, -0.2) is 4.79 Å². The number of ether oxygens (including phenoxy) is 2. The molecule has 9 heteroatoms. The number of amides is 3. The topological polar surface area (TPSA) is 93.1 Å². The van der Waals surface area contributed by atoms with E-state index in [-0.39, 0.29) is 35.3 Å². The van der Waals surface area contributed by atoms with Crippen LogP contribution in [0.25, 0.3) is 0 Å². The molecule has 37 heavy (non-hydrogen) atoms. The van der Waals surface area contributed by atoms with E-state index in [0.29, 0.717) is 50.6 Å². The van der Waals surface area contributed by atoms with Gasteiger partial charge in [0.2, 0.25) is 5.91 Å². The van der Waals surface area contributed by atoms with Crippen molar-refractivity contribution in [3.05, 3.63) is 57.5 Å². The largest absolute Gasteiger partial charge is 0.493 e. The Morgan fingerprint density at radius 2 is 1.73 bits per heavy atom. The SMILES string of the molecule is COc1cc2c(cc1OC)CN(C(=O)[C@@H](NC(=O)N1C[C@@H]3C[C@H](C1)c1cccc(=O)n1C3)C(C)C)CC2. The number of likely N-dealkylation sites (tertiary alicyclic amines) is 1. The summed E-state index contributed by atoms with van der Waals surface area (Å²) >= 11 is 0. The van der Waals surface area contributed by atoms with Gasteiger partial charge in [-0.05, 0) is 54.0 Å². The van der Waals surface area contributed by atoms with Crippen LogP contribution >= 0.6 is 0 Å². The predicted octanol–water partition coefficient (Wildman–Crippen LogP) is 2.60.